The molecule has 0 saturated heterocycles. The molecule has 0 unspecified atom stereocenters. The Bertz CT molecular complexity index is 1370. The molecule has 0 atom stereocenters. The first kappa shape index (κ1) is 23.4. The number of nitrogens with one attached hydrogen (secondary N) is 1. The van der Waals surface area contributed by atoms with Crippen LogP contribution >= 0.6 is 11.6 Å². The summed E-state index contributed by atoms with van der Waals surface area (Å²) in [6, 6.07) is 19.0. The van der Waals surface area contributed by atoms with Crippen molar-refractivity contribution in [3.8, 4) is 11.4 Å². The molecule has 1 aromatic heterocycles. The zero-order valence-corrected chi connectivity index (χ0v) is 18.8. The van der Waals surface area contributed by atoms with Gasteiger partial charge in [0.05, 0.1) is 6.54 Å². The second-order valence-electron chi connectivity index (χ2n) is 7.68. The number of aromatic nitrogens is 3. The predicted octanol–water partition coefficient (Wildman–Crippen LogP) is 4.05. The Labute approximate surface area is 199 Å². The molecule has 3 aromatic carbocycles. The summed E-state index contributed by atoms with van der Waals surface area (Å²) >= 11 is 5.98. The van der Waals surface area contributed by atoms with E-state index in [2.05, 4.69) is 10.4 Å². The Balaban J connectivity index is 1.55. The number of hydrogen-bond donors (Lipinski definition) is 1. The quantitative estimate of drug-likeness (QED) is 0.412. The van der Waals surface area contributed by atoms with Gasteiger partial charge in [0.25, 0.3) is 0 Å². The standard InChI is InChI=1S/C25H21ClF2N4O2/c26-20-10-8-18(9-11-20)24-30-32(25(34)31(24)15-19-5-1-2-7-22(19)28)16-23(33)29-13-12-17-4-3-6-21(27)14-17/h1-11,14H,12-13,15-16H2,(H,29,33). The van der Waals surface area contributed by atoms with E-state index in [4.69, 9.17) is 11.6 Å². The first-order valence-corrected chi connectivity index (χ1v) is 11.0. The first-order chi connectivity index (χ1) is 16.4. The van der Waals surface area contributed by atoms with Crippen molar-refractivity contribution in [2.75, 3.05) is 6.54 Å². The molecule has 1 amide bonds. The minimum Gasteiger partial charge on any atom is -0.354 e. The number of hydrogen-bond acceptors (Lipinski definition) is 3. The minimum absolute atomic E-state index is 0.0509. The third-order valence-electron chi connectivity index (χ3n) is 5.23. The summed E-state index contributed by atoms with van der Waals surface area (Å²) in [5.74, 6) is -0.918. The van der Waals surface area contributed by atoms with Crippen LogP contribution in [0.4, 0.5) is 8.78 Å². The van der Waals surface area contributed by atoms with Gasteiger partial charge in [-0.25, -0.2) is 18.3 Å². The molecule has 4 rings (SSSR count). The third kappa shape index (κ3) is 5.58. The van der Waals surface area contributed by atoms with E-state index in [9.17, 15) is 18.4 Å². The van der Waals surface area contributed by atoms with E-state index in [0.29, 0.717) is 22.6 Å². The van der Waals surface area contributed by atoms with Crippen molar-refractivity contribution in [1.29, 1.82) is 0 Å². The average Bonchev–Trinajstić information content (AvgIpc) is 3.11. The molecule has 1 N–H and O–H groups in total. The molecule has 174 valence electrons. The second-order valence-corrected chi connectivity index (χ2v) is 8.11. The van der Waals surface area contributed by atoms with Crippen LogP contribution in [0.3, 0.4) is 0 Å². The minimum atomic E-state index is -0.548. The van der Waals surface area contributed by atoms with E-state index in [0.717, 1.165) is 10.2 Å². The van der Waals surface area contributed by atoms with Gasteiger partial charge in [0.2, 0.25) is 5.91 Å². The molecule has 0 fully saturated rings. The van der Waals surface area contributed by atoms with E-state index in [1.807, 2.05) is 0 Å². The Hall–Kier alpha value is -3.78. The fourth-order valence-electron chi connectivity index (χ4n) is 3.53. The summed E-state index contributed by atoms with van der Waals surface area (Å²) in [5, 5.41) is 7.58. The van der Waals surface area contributed by atoms with E-state index >= 15 is 0 Å². The van der Waals surface area contributed by atoms with Gasteiger partial charge in [-0.3, -0.25) is 9.36 Å². The SMILES string of the molecule is O=C(Cn1nc(-c2ccc(Cl)cc2)n(Cc2ccccc2F)c1=O)NCCc1cccc(F)c1. The van der Waals surface area contributed by atoms with Crippen LogP contribution < -0.4 is 11.0 Å². The maximum Gasteiger partial charge on any atom is 0.347 e. The summed E-state index contributed by atoms with van der Waals surface area (Å²) in [5.41, 5.74) is 1.12. The van der Waals surface area contributed by atoms with Gasteiger partial charge in [0.15, 0.2) is 5.82 Å². The number of carbonyl (C=O) groups is 1. The molecule has 9 heteroatoms. The molecule has 4 aromatic rings. The van der Waals surface area contributed by atoms with Crippen LogP contribution in [-0.4, -0.2) is 26.8 Å². The lowest BCUT2D eigenvalue weighted by atomic mass is 10.1. The number of benzene rings is 3. The van der Waals surface area contributed by atoms with Gasteiger partial charge in [-0.1, -0.05) is 41.9 Å². The van der Waals surface area contributed by atoms with Crippen LogP contribution in [-0.2, 0) is 24.3 Å². The Morgan fingerprint density at radius 2 is 1.76 bits per heavy atom. The van der Waals surface area contributed by atoms with Crippen LogP contribution in [0.5, 0.6) is 0 Å². The Kier molecular flexibility index (Phi) is 7.18. The molecular weight excluding hydrogens is 462 g/mol. The Morgan fingerprint density at radius 3 is 2.50 bits per heavy atom. The van der Waals surface area contributed by atoms with Crippen LogP contribution in [0.2, 0.25) is 5.02 Å². The molecule has 0 radical (unpaired) electrons. The van der Waals surface area contributed by atoms with Gasteiger partial charge < -0.3 is 5.32 Å². The molecule has 0 aliphatic rings. The van der Waals surface area contributed by atoms with Crippen LogP contribution in [0.1, 0.15) is 11.1 Å². The van der Waals surface area contributed by atoms with Crippen molar-refractivity contribution >= 4 is 17.5 Å². The van der Waals surface area contributed by atoms with E-state index < -0.39 is 17.4 Å². The largest absolute Gasteiger partial charge is 0.354 e. The third-order valence-corrected chi connectivity index (χ3v) is 5.48. The Morgan fingerprint density at radius 1 is 1.00 bits per heavy atom. The lowest BCUT2D eigenvalue weighted by molar-refractivity contribution is -0.121. The molecule has 6 nitrogen and oxygen atoms in total. The number of nitrogens with zero attached hydrogens (tertiary/aromatic N) is 3. The summed E-state index contributed by atoms with van der Waals surface area (Å²) in [6.07, 6.45) is 0.441. The number of halogens is 3. The summed E-state index contributed by atoms with van der Waals surface area (Å²) in [4.78, 5) is 25.6. The molecule has 34 heavy (non-hydrogen) atoms. The molecule has 0 spiro atoms. The van der Waals surface area contributed by atoms with Crippen molar-refractivity contribution in [2.45, 2.75) is 19.5 Å². The monoisotopic (exact) mass is 482 g/mol. The van der Waals surface area contributed by atoms with Crippen molar-refractivity contribution in [2.24, 2.45) is 0 Å². The summed E-state index contributed by atoms with van der Waals surface area (Å²) < 4.78 is 29.9. The van der Waals surface area contributed by atoms with E-state index in [1.165, 1.54) is 22.8 Å². The van der Waals surface area contributed by atoms with Gasteiger partial charge in [0, 0.05) is 22.7 Å². The van der Waals surface area contributed by atoms with E-state index in [-0.39, 0.29) is 31.3 Å². The molecule has 0 aliphatic heterocycles. The fourth-order valence-corrected chi connectivity index (χ4v) is 3.65. The fraction of sp³-hybridized carbons (Fsp3) is 0.160. The van der Waals surface area contributed by atoms with Crippen LogP contribution in [0, 0.1) is 11.6 Å². The van der Waals surface area contributed by atoms with Gasteiger partial charge in [0.1, 0.15) is 18.2 Å². The predicted molar refractivity (Wildman–Crippen MR) is 126 cm³/mol. The zero-order valence-electron chi connectivity index (χ0n) is 18.0. The number of amides is 1. The maximum absolute atomic E-state index is 14.3. The highest BCUT2D eigenvalue weighted by Gasteiger charge is 2.18. The topological polar surface area (TPSA) is 68.9 Å². The van der Waals surface area contributed by atoms with Crippen LogP contribution in [0.25, 0.3) is 11.4 Å². The van der Waals surface area contributed by atoms with Gasteiger partial charge >= 0.3 is 5.69 Å². The smallest absolute Gasteiger partial charge is 0.347 e. The highest BCUT2D eigenvalue weighted by atomic mass is 35.5. The zero-order chi connectivity index (χ0) is 24.1. The molecular formula is C25H21ClF2N4O2. The van der Waals surface area contributed by atoms with Gasteiger partial charge in [-0.2, -0.15) is 0 Å². The normalized spacial score (nSPS) is 10.9. The molecule has 0 bridgehead atoms. The highest BCUT2D eigenvalue weighted by molar-refractivity contribution is 6.30. The van der Waals surface area contributed by atoms with Crippen molar-refractivity contribution in [3.05, 3.63) is 111 Å². The second kappa shape index (κ2) is 10.4. The van der Waals surface area contributed by atoms with Gasteiger partial charge in [-0.15, -0.1) is 5.10 Å². The van der Waals surface area contributed by atoms with E-state index in [1.54, 1.807) is 54.6 Å². The van der Waals surface area contributed by atoms with Crippen LogP contribution in [0.15, 0.2) is 77.6 Å². The van der Waals surface area contributed by atoms with Crippen molar-refractivity contribution in [1.82, 2.24) is 19.7 Å². The van der Waals surface area contributed by atoms with Crippen molar-refractivity contribution < 1.29 is 13.6 Å². The van der Waals surface area contributed by atoms with Gasteiger partial charge in [-0.05, 0) is 54.4 Å². The first-order valence-electron chi connectivity index (χ1n) is 10.6. The number of carbonyl (C=O) groups excluding carboxylic acids is 1. The van der Waals surface area contributed by atoms with Crippen molar-refractivity contribution in [3.63, 3.8) is 0 Å². The average molecular weight is 483 g/mol. The lowest BCUT2D eigenvalue weighted by Crippen LogP contribution is -2.34. The summed E-state index contributed by atoms with van der Waals surface area (Å²) in [6.45, 7) is -0.0888. The summed E-state index contributed by atoms with van der Waals surface area (Å²) in [7, 11) is 0. The molecule has 0 aliphatic carbocycles. The lowest BCUT2D eigenvalue weighted by Gasteiger charge is -2.07. The molecule has 1 heterocycles. The highest BCUT2D eigenvalue weighted by Crippen LogP contribution is 2.20. The molecule has 0 saturated carbocycles. The number of rotatable bonds is 8. The maximum atomic E-state index is 14.3.